The van der Waals surface area contributed by atoms with Crippen LogP contribution in [0.15, 0.2) is 42.5 Å². The molecule has 2 nitrogen and oxygen atoms in total. The van der Waals surface area contributed by atoms with Crippen molar-refractivity contribution in [3.63, 3.8) is 0 Å². The molecule has 92 valence electrons. The zero-order valence-electron chi connectivity index (χ0n) is 10.4. The Labute approximate surface area is 107 Å². The van der Waals surface area contributed by atoms with Gasteiger partial charge in [0.25, 0.3) is 0 Å². The van der Waals surface area contributed by atoms with Crippen LogP contribution in [0.1, 0.15) is 22.6 Å². The van der Waals surface area contributed by atoms with Crippen LogP contribution >= 0.6 is 0 Å². The largest absolute Gasteiger partial charge is 0.504 e. The maximum absolute atomic E-state index is 9.98. The van der Waals surface area contributed by atoms with Crippen molar-refractivity contribution in [3.8, 4) is 11.5 Å². The number of hydrogen-bond acceptors (Lipinski definition) is 2. The molecule has 1 N–H and O–H groups in total. The van der Waals surface area contributed by atoms with Crippen LogP contribution < -0.4 is 4.74 Å². The quantitative estimate of drug-likeness (QED) is 0.827. The molecule has 2 heteroatoms. The molecule has 0 saturated heterocycles. The first-order valence-corrected chi connectivity index (χ1v) is 6.25. The maximum Gasteiger partial charge on any atom is 0.164 e. The van der Waals surface area contributed by atoms with E-state index in [0.717, 1.165) is 17.5 Å². The number of phenols is 1. The first kappa shape index (κ1) is 11.1. The van der Waals surface area contributed by atoms with E-state index in [1.165, 1.54) is 5.56 Å². The molecule has 3 rings (SSSR count). The summed E-state index contributed by atoms with van der Waals surface area (Å²) in [5.74, 6) is 1.34. The van der Waals surface area contributed by atoms with E-state index in [1.807, 2.05) is 19.1 Å². The lowest BCUT2D eigenvalue weighted by Crippen LogP contribution is -2.19. The van der Waals surface area contributed by atoms with Crippen LogP contribution in [0.5, 0.6) is 11.5 Å². The number of aromatic hydroxyl groups is 1. The Kier molecular flexibility index (Phi) is 2.71. The van der Waals surface area contributed by atoms with Crippen LogP contribution in [0, 0.1) is 6.92 Å². The molecule has 0 saturated carbocycles. The number of fused-ring (bicyclic) bond motifs is 1. The third-order valence-corrected chi connectivity index (χ3v) is 3.58. The van der Waals surface area contributed by atoms with Crippen LogP contribution in [0.3, 0.4) is 0 Å². The molecule has 1 atom stereocenters. The third-order valence-electron chi connectivity index (χ3n) is 3.58. The average molecular weight is 240 g/mol. The van der Waals surface area contributed by atoms with E-state index in [9.17, 15) is 5.11 Å². The van der Waals surface area contributed by atoms with Gasteiger partial charge in [0.15, 0.2) is 11.5 Å². The summed E-state index contributed by atoms with van der Waals surface area (Å²) >= 11 is 0. The third kappa shape index (κ3) is 1.84. The van der Waals surface area contributed by atoms with Gasteiger partial charge in [-0.3, -0.25) is 0 Å². The number of benzene rings is 2. The second-order valence-corrected chi connectivity index (χ2v) is 4.84. The van der Waals surface area contributed by atoms with Crippen molar-refractivity contribution in [1.82, 2.24) is 0 Å². The van der Waals surface area contributed by atoms with Gasteiger partial charge in [-0.15, -0.1) is 0 Å². The lowest BCUT2D eigenvalue weighted by Gasteiger charge is -2.26. The molecular formula is C16H16O2. The molecule has 0 aliphatic carbocycles. The molecule has 0 radical (unpaired) electrons. The van der Waals surface area contributed by atoms with Gasteiger partial charge < -0.3 is 9.84 Å². The van der Waals surface area contributed by atoms with E-state index in [0.29, 0.717) is 24.0 Å². The highest BCUT2D eigenvalue weighted by molar-refractivity contribution is 5.52. The van der Waals surface area contributed by atoms with Crippen molar-refractivity contribution in [1.29, 1.82) is 0 Å². The Morgan fingerprint density at radius 2 is 1.89 bits per heavy atom. The van der Waals surface area contributed by atoms with Crippen molar-refractivity contribution in [3.05, 3.63) is 59.2 Å². The molecule has 0 bridgehead atoms. The monoisotopic (exact) mass is 240 g/mol. The smallest absolute Gasteiger partial charge is 0.164 e. The van der Waals surface area contributed by atoms with Crippen molar-refractivity contribution in [2.75, 3.05) is 6.61 Å². The van der Waals surface area contributed by atoms with Gasteiger partial charge in [-0.05, 0) is 30.0 Å². The summed E-state index contributed by atoms with van der Waals surface area (Å²) in [6.45, 7) is 2.52. The Morgan fingerprint density at radius 1 is 1.11 bits per heavy atom. The minimum Gasteiger partial charge on any atom is -0.504 e. The van der Waals surface area contributed by atoms with E-state index in [1.54, 1.807) is 0 Å². The molecular weight excluding hydrogens is 224 g/mol. The SMILES string of the molecule is Cc1ccc2c(c1O)OCC(c1ccccc1)C2. The fourth-order valence-electron chi connectivity index (χ4n) is 2.48. The summed E-state index contributed by atoms with van der Waals surface area (Å²) in [5.41, 5.74) is 3.26. The van der Waals surface area contributed by atoms with E-state index in [-0.39, 0.29) is 0 Å². The minimum absolute atomic E-state index is 0.291. The molecule has 0 aromatic heterocycles. The zero-order valence-corrected chi connectivity index (χ0v) is 10.4. The van der Waals surface area contributed by atoms with Gasteiger partial charge in [-0.25, -0.2) is 0 Å². The van der Waals surface area contributed by atoms with E-state index in [4.69, 9.17) is 4.74 Å². The average Bonchev–Trinajstić information content (AvgIpc) is 2.44. The number of aryl methyl sites for hydroxylation is 1. The fraction of sp³-hybridized carbons (Fsp3) is 0.250. The number of hydrogen-bond donors (Lipinski definition) is 1. The van der Waals surface area contributed by atoms with E-state index in [2.05, 4.69) is 30.3 Å². The summed E-state index contributed by atoms with van der Waals surface area (Å²) < 4.78 is 5.75. The molecule has 1 aliphatic heterocycles. The molecule has 0 spiro atoms. The van der Waals surface area contributed by atoms with Gasteiger partial charge in [0.05, 0.1) is 6.61 Å². The second-order valence-electron chi connectivity index (χ2n) is 4.84. The highest BCUT2D eigenvalue weighted by Gasteiger charge is 2.23. The van der Waals surface area contributed by atoms with E-state index >= 15 is 0 Å². The summed E-state index contributed by atoms with van der Waals surface area (Å²) in [6.07, 6.45) is 0.924. The van der Waals surface area contributed by atoms with Crippen LogP contribution in [0.4, 0.5) is 0 Å². The van der Waals surface area contributed by atoms with Gasteiger partial charge in [0.2, 0.25) is 0 Å². The van der Waals surface area contributed by atoms with Gasteiger partial charge in [0.1, 0.15) is 0 Å². The van der Waals surface area contributed by atoms with Crippen LogP contribution in [0.2, 0.25) is 0 Å². The van der Waals surface area contributed by atoms with Gasteiger partial charge in [-0.2, -0.15) is 0 Å². The Morgan fingerprint density at radius 3 is 2.67 bits per heavy atom. The summed E-state index contributed by atoms with van der Waals surface area (Å²) in [7, 11) is 0. The molecule has 1 aliphatic rings. The standard InChI is InChI=1S/C16H16O2/c1-11-7-8-13-9-14(10-18-16(13)15(11)17)12-5-3-2-4-6-12/h2-8,14,17H,9-10H2,1H3. The highest BCUT2D eigenvalue weighted by Crippen LogP contribution is 2.40. The number of ether oxygens (including phenoxy) is 1. The highest BCUT2D eigenvalue weighted by atomic mass is 16.5. The Bertz CT molecular complexity index is 561. The first-order valence-electron chi connectivity index (χ1n) is 6.25. The Balaban J connectivity index is 1.93. The van der Waals surface area contributed by atoms with Gasteiger partial charge in [0, 0.05) is 5.92 Å². The van der Waals surface area contributed by atoms with Crippen molar-refractivity contribution < 1.29 is 9.84 Å². The van der Waals surface area contributed by atoms with Crippen molar-refractivity contribution >= 4 is 0 Å². The molecule has 0 fully saturated rings. The molecule has 1 heterocycles. The number of phenolic OH excluding ortho intramolecular Hbond substituents is 1. The van der Waals surface area contributed by atoms with Crippen LogP contribution in [-0.2, 0) is 6.42 Å². The normalized spacial score (nSPS) is 17.9. The minimum atomic E-state index is 0.291. The molecule has 2 aromatic carbocycles. The predicted molar refractivity (Wildman–Crippen MR) is 71.2 cm³/mol. The molecule has 1 unspecified atom stereocenters. The fourth-order valence-corrected chi connectivity index (χ4v) is 2.48. The molecule has 2 aromatic rings. The summed E-state index contributed by atoms with van der Waals surface area (Å²) in [5, 5.41) is 9.98. The van der Waals surface area contributed by atoms with Gasteiger partial charge >= 0.3 is 0 Å². The summed E-state index contributed by atoms with van der Waals surface area (Å²) in [6, 6.07) is 14.4. The van der Waals surface area contributed by atoms with Crippen LogP contribution in [0.25, 0.3) is 0 Å². The topological polar surface area (TPSA) is 29.5 Å². The lowest BCUT2D eigenvalue weighted by atomic mass is 9.90. The van der Waals surface area contributed by atoms with Crippen molar-refractivity contribution in [2.45, 2.75) is 19.3 Å². The Hall–Kier alpha value is -1.96. The molecule has 18 heavy (non-hydrogen) atoms. The van der Waals surface area contributed by atoms with Gasteiger partial charge in [-0.1, -0.05) is 42.5 Å². The maximum atomic E-state index is 9.98. The summed E-state index contributed by atoms with van der Waals surface area (Å²) in [4.78, 5) is 0. The zero-order chi connectivity index (χ0) is 12.5. The molecule has 0 amide bonds. The predicted octanol–water partition coefficient (Wildman–Crippen LogP) is 3.42. The van der Waals surface area contributed by atoms with Crippen molar-refractivity contribution in [2.24, 2.45) is 0 Å². The number of rotatable bonds is 1. The second kappa shape index (κ2) is 4.37. The van der Waals surface area contributed by atoms with Crippen LogP contribution in [-0.4, -0.2) is 11.7 Å². The first-order chi connectivity index (χ1) is 8.75. The lowest BCUT2D eigenvalue weighted by molar-refractivity contribution is 0.249. The van der Waals surface area contributed by atoms with E-state index < -0.39 is 0 Å².